The van der Waals surface area contributed by atoms with Crippen molar-refractivity contribution in [3.8, 4) is 5.75 Å². The normalized spacial score (nSPS) is 38.0. The first-order valence-corrected chi connectivity index (χ1v) is 12.3. The van der Waals surface area contributed by atoms with Crippen LogP contribution in [0.25, 0.3) is 6.08 Å². The zero-order chi connectivity index (χ0) is 28.5. The van der Waals surface area contributed by atoms with Gasteiger partial charge in [-0.05, 0) is 30.7 Å². The zero-order valence-corrected chi connectivity index (χ0v) is 21.2. The minimum atomic E-state index is -1.74. The van der Waals surface area contributed by atoms with Crippen LogP contribution in [-0.2, 0) is 33.3 Å². The maximum atomic E-state index is 12.7. The van der Waals surface area contributed by atoms with Gasteiger partial charge in [0.1, 0.15) is 36.3 Å². The van der Waals surface area contributed by atoms with Crippen molar-refractivity contribution in [2.75, 3.05) is 13.7 Å². The molecule has 10 atom stereocenters. The molecule has 1 saturated carbocycles. The Kier molecular flexibility index (Phi) is 8.61. The van der Waals surface area contributed by atoms with Crippen molar-refractivity contribution in [3.63, 3.8) is 0 Å². The van der Waals surface area contributed by atoms with Crippen molar-refractivity contribution in [3.05, 3.63) is 47.7 Å². The molecule has 214 valence electrons. The van der Waals surface area contributed by atoms with Gasteiger partial charge in [0.25, 0.3) is 0 Å². The number of fused-ring (bicyclic) bond motifs is 1. The third kappa shape index (κ3) is 5.94. The van der Waals surface area contributed by atoms with Gasteiger partial charge in [-0.1, -0.05) is 12.1 Å². The lowest BCUT2D eigenvalue weighted by molar-refractivity contribution is -0.346. The van der Waals surface area contributed by atoms with Crippen molar-refractivity contribution in [1.82, 2.24) is 0 Å². The molecule has 13 heteroatoms. The second-order valence-electron chi connectivity index (χ2n) is 9.92. The lowest BCUT2D eigenvalue weighted by Gasteiger charge is -2.44. The molecule has 0 aromatic heterocycles. The van der Waals surface area contributed by atoms with Gasteiger partial charge in [0, 0.05) is 18.4 Å². The van der Waals surface area contributed by atoms with E-state index in [1.54, 1.807) is 12.1 Å². The Labute approximate surface area is 223 Å². The molecule has 1 saturated heterocycles. The summed E-state index contributed by atoms with van der Waals surface area (Å²) in [6, 6.07) is 6.09. The number of methoxy groups -OCH3 is 1. The molecular formula is C26H32O13. The van der Waals surface area contributed by atoms with Gasteiger partial charge in [0.15, 0.2) is 6.29 Å². The Morgan fingerprint density at radius 2 is 1.79 bits per heavy atom. The van der Waals surface area contributed by atoms with Gasteiger partial charge in [0.2, 0.25) is 6.29 Å². The van der Waals surface area contributed by atoms with E-state index in [-0.39, 0.29) is 17.7 Å². The monoisotopic (exact) mass is 552 g/mol. The molecule has 2 aliphatic heterocycles. The minimum absolute atomic E-state index is 0.0192. The fourth-order valence-corrected chi connectivity index (χ4v) is 5.23. The topological polar surface area (TPSA) is 202 Å². The second kappa shape index (κ2) is 11.6. The van der Waals surface area contributed by atoms with Crippen LogP contribution in [0.2, 0.25) is 0 Å². The molecule has 0 spiro atoms. The standard InChI is InChI=1S/C26H32O13/c1-26(34)9-15(37-17(29)8-5-12-3-6-13(28)7-4-12)18-14(23(33)35-2)11-36-24(19(18)26)39-25-22(32)21(31)20(30)16(10-27)38-25/h3-8,11,15-16,18-22,24-25,27-28,30-32,34H,9-10H2,1-2H3/t15-,16-,18+,19-,20-,21+,22-,24+,25+,26+/m1/s1. The highest BCUT2D eigenvalue weighted by atomic mass is 16.8. The molecule has 39 heavy (non-hydrogen) atoms. The summed E-state index contributed by atoms with van der Waals surface area (Å²) in [5, 5.41) is 60.7. The predicted molar refractivity (Wildman–Crippen MR) is 129 cm³/mol. The summed E-state index contributed by atoms with van der Waals surface area (Å²) in [4.78, 5) is 25.3. The van der Waals surface area contributed by atoms with Crippen LogP contribution in [0.15, 0.2) is 42.2 Å². The number of hydrogen-bond donors (Lipinski definition) is 6. The highest BCUT2D eigenvalue weighted by Crippen LogP contribution is 2.51. The number of phenolic OH excluding ortho intramolecular Hbond substituents is 1. The van der Waals surface area contributed by atoms with E-state index in [9.17, 15) is 40.2 Å². The third-order valence-corrected chi connectivity index (χ3v) is 7.21. The number of ether oxygens (including phenoxy) is 5. The molecule has 1 aliphatic carbocycles. The van der Waals surface area contributed by atoms with E-state index < -0.39 is 79.1 Å². The number of carbonyl (C=O) groups is 2. The molecule has 0 unspecified atom stereocenters. The molecule has 3 aliphatic rings. The van der Waals surface area contributed by atoms with Crippen LogP contribution in [0.3, 0.4) is 0 Å². The summed E-state index contributed by atoms with van der Waals surface area (Å²) in [6.45, 7) is 0.764. The van der Waals surface area contributed by atoms with Gasteiger partial charge in [-0.15, -0.1) is 0 Å². The molecule has 6 N–H and O–H groups in total. The van der Waals surface area contributed by atoms with Gasteiger partial charge < -0.3 is 54.3 Å². The Morgan fingerprint density at radius 3 is 2.44 bits per heavy atom. The average Bonchev–Trinajstić information content (AvgIpc) is 3.18. The van der Waals surface area contributed by atoms with Gasteiger partial charge in [0.05, 0.1) is 37.1 Å². The van der Waals surface area contributed by atoms with Crippen molar-refractivity contribution >= 4 is 18.0 Å². The molecule has 4 rings (SSSR count). The van der Waals surface area contributed by atoms with Crippen LogP contribution in [0.4, 0.5) is 0 Å². The number of benzene rings is 1. The van der Waals surface area contributed by atoms with Crippen LogP contribution < -0.4 is 0 Å². The Hall–Kier alpha value is -3.04. The van der Waals surface area contributed by atoms with Crippen molar-refractivity contribution in [1.29, 1.82) is 0 Å². The van der Waals surface area contributed by atoms with Crippen LogP contribution in [0, 0.1) is 11.8 Å². The predicted octanol–water partition coefficient (Wildman–Crippen LogP) is -1.07. The molecule has 1 aromatic carbocycles. The van der Waals surface area contributed by atoms with E-state index in [0.717, 1.165) is 19.4 Å². The first kappa shape index (κ1) is 29.0. The summed E-state index contributed by atoms with van der Waals surface area (Å²) in [5.41, 5.74) is -1.02. The number of aliphatic hydroxyl groups excluding tert-OH is 4. The fraction of sp³-hybridized carbons (Fsp3) is 0.538. The largest absolute Gasteiger partial charge is 0.508 e. The zero-order valence-electron chi connectivity index (χ0n) is 21.2. The highest BCUT2D eigenvalue weighted by molar-refractivity contribution is 5.90. The molecule has 1 aromatic rings. The van der Waals surface area contributed by atoms with E-state index in [2.05, 4.69) is 0 Å². The average molecular weight is 553 g/mol. The molecular weight excluding hydrogens is 520 g/mol. The Balaban J connectivity index is 1.57. The molecule has 0 amide bonds. The Bertz CT molecular complexity index is 1100. The SMILES string of the molecule is COC(=O)C1=CO[C@@H](O[C@@H]2O[C@H](CO)[C@@H](O)[C@H](O)[C@H]2O)[C@H]2[C@@H]1[C@H](OC(=O)C=Cc1ccc(O)cc1)C[C@]2(C)O. The van der Waals surface area contributed by atoms with E-state index in [4.69, 9.17) is 23.7 Å². The number of phenols is 1. The molecule has 13 nitrogen and oxygen atoms in total. The van der Waals surface area contributed by atoms with Crippen LogP contribution in [0.5, 0.6) is 5.75 Å². The first-order chi connectivity index (χ1) is 18.5. The quantitative estimate of drug-likeness (QED) is 0.177. The number of aliphatic hydroxyl groups is 5. The van der Waals surface area contributed by atoms with Crippen molar-refractivity contribution < 1.29 is 63.9 Å². The Morgan fingerprint density at radius 1 is 1.10 bits per heavy atom. The number of hydrogen-bond acceptors (Lipinski definition) is 13. The molecule has 0 radical (unpaired) electrons. The van der Waals surface area contributed by atoms with Crippen LogP contribution >= 0.6 is 0 Å². The number of aromatic hydroxyl groups is 1. The van der Waals surface area contributed by atoms with Gasteiger partial charge in [-0.3, -0.25) is 0 Å². The van der Waals surface area contributed by atoms with E-state index in [1.807, 2.05) is 0 Å². The summed E-state index contributed by atoms with van der Waals surface area (Å²) in [6.07, 6.45) is -6.69. The van der Waals surface area contributed by atoms with E-state index in [0.29, 0.717) is 5.56 Å². The minimum Gasteiger partial charge on any atom is -0.508 e. The number of esters is 2. The van der Waals surface area contributed by atoms with E-state index >= 15 is 0 Å². The lowest BCUT2D eigenvalue weighted by Crippen LogP contribution is -2.60. The van der Waals surface area contributed by atoms with Crippen molar-refractivity contribution in [2.24, 2.45) is 11.8 Å². The second-order valence-corrected chi connectivity index (χ2v) is 9.92. The van der Waals surface area contributed by atoms with Crippen LogP contribution in [0.1, 0.15) is 18.9 Å². The maximum absolute atomic E-state index is 12.7. The van der Waals surface area contributed by atoms with Gasteiger partial charge >= 0.3 is 11.9 Å². The molecule has 0 bridgehead atoms. The number of rotatable bonds is 7. The highest BCUT2D eigenvalue weighted by Gasteiger charge is 2.61. The van der Waals surface area contributed by atoms with Gasteiger partial charge in [-0.2, -0.15) is 0 Å². The maximum Gasteiger partial charge on any atom is 0.337 e. The summed E-state index contributed by atoms with van der Waals surface area (Å²) in [5.74, 6) is -3.47. The molecule has 2 fully saturated rings. The molecule has 2 heterocycles. The van der Waals surface area contributed by atoms with Crippen LogP contribution in [-0.4, -0.2) is 105 Å². The number of carbonyl (C=O) groups excluding carboxylic acids is 2. The smallest absolute Gasteiger partial charge is 0.337 e. The third-order valence-electron chi connectivity index (χ3n) is 7.21. The van der Waals surface area contributed by atoms with Gasteiger partial charge in [-0.25, -0.2) is 9.59 Å². The summed E-state index contributed by atoms with van der Waals surface area (Å²) >= 11 is 0. The lowest BCUT2D eigenvalue weighted by atomic mass is 9.80. The summed E-state index contributed by atoms with van der Waals surface area (Å²) in [7, 11) is 1.16. The fourth-order valence-electron chi connectivity index (χ4n) is 5.23. The summed E-state index contributed by atoms with van der Waals surface area (Å²) < 4.78 is 27.2. The van der Waals surface area contributed by atoms with E-state index in [1.165, 1.54) is 25.1 Å². The van der Waals surface area contributed by atoms with Crippen molar-refractivity contribution in [2.45, 2.75) is 62.0 Å². The first-order valence-electron chi connectivity index (χ1n) is 12.3.